The normalized spacial score (nSPS) is 10.2. The highest BCUT2D eigenvalue weighted by Gasteiger charge is 2.03. The van der Waals surface area contributed by atoms with Crippen molar-refractivity contribution in [1.82, 2.24) is 4.98 Å². The lowest BCUT2D eigenvalue weighted by molar-refractivity contribution is 0.418. The number of methoxy groups -OCH3 is 1. The van der Waals surface area contributed by atoms with Gasteiger partial charge in [-0.25, -0.2) is 0 Å². The second-order valence-corrected chi connectivity index (χ2v) is 2.79. The highest BCUT2D eigenvalue weighted by Crippen LogP contribution is 2.28. The van der Waals surface area contributed by atoms with Gasteiger partial charge in [0.05, 0.1) is 13.3 Å². The molecule has 2 aromatic rings. The number of nitrogens with zero attached hydrogens (tertiary/aromatic N) is 1. The van der Waals surface area contributed by atoms with Gasteiger partial charge in [-0.1, -0.05) is 12.1 Å². The Morgan fingerprint density at radius 3 is 2.92 bits per heavy atom. The van der Waals surface area contributed by atoms with Crippen LogP contribution in [0.3, 0.4) is 0 Å². The number of hydrogen-bond acceptors (Lipinski definition) is 3. The molecule has 13 heavy (non-hydrogen) atoms. The number of nitrogens with two attached hydrogens (primary N) is 1. The minimum atomic E-state index is 0.718. The molecule has 3 nitrogen and oxygen atoms in total. The third kappa shape index (κ3) is 1.18. The van der Waals surface area contributed by atoms with Crippen LogP contribution in [0.1, 0.15) is 0 Å². The molecule has 0 bridgehead atoms. The fourth-order valence-electron chi connectivity index (χ4n) is 1.39. The second-order valence-electron chi connectivity index (χ2n) is 2.79. The zero-order valence-electron chi connectivity index (χ0n) is 7.32. The third-order valence-electron chi connectivity index (χ3n) is 2.00. The Labute approximate surface area is 76.2 Å². The molecule has 0 amide bonds. The quantitative estimate of drug-likeness (QED) is 0.671. The molecule has 3 heteroatoms. The van der Waals surface area contributed by atoms with Gasteiger partial charge >= 0.3 is 0 Å². The Kier molecular flexibility index (Phi) is 1.77. The standard InChI is InChI=1S/C10H10N2O/c1-13-9-6-12-5-7-3-2-4-8(11)10(7)9/h2-6H,11H2,1H3. The van der Waals surface area contributed by atoms with E-state index in [1.807, 2.05) is 18.2 Å². The van der Waals surface area contributed by atoms with Crippen LogP contribution in [0.15, 0.2) is 30.6 Å². The summed E-state index contributed by atoms with van der Waals surface area (Å²) in [5.41, 5.74) is 6.54. The van der Waals surface area contributed by atoms with Crippen molar-refractivity contribution in [3.05, 3.63) is 30.6 Å². The molecule has 0 atom stereocenters. The van der Waals surface area contributed by atoms with Gasteiger partial charge in [0.2, 0.25) is 0 Å². The summed E-state index contributed by atoms with van der Waals surface area (Å²) in [6.07, 6.45) is 3.44. The van der Waals surface area contributed by atoms with Crippen molar-refractivity contribution < 1.29 is 4.74 Å². The average Bonchev–Trinajstić information content (AvgIpc) is 2.17. The number of pyridine rings is 1. The first-order valence-corrected chi connectivity index (χ1v) is 3.99. The molecule has 0 aliphatic carbocycles. The number of rotatable bonds is 1. The van der Waals surface area contributed by atoms with E-state index >= 15 is 0 Å². The van der Waals surface area contributed by atoms with Crippen molar-refractivity contribution >= 4 is 16.5 Å². The average molecular weight is 174 g/mol. The number of ether oxygens (including phenoxy) is 1. The molecule has 0 saturated carbocycles. The number of nitrogen functional groups attached to an aromatic ring is 1. The second kappa shape index (κ2) is 2.94. The molecule has 1 aromatic carbocycles. The minimum Gasteiger partial charge on any atom is -0.494 e. The Balaban J connectivity index is 2.87. The van der Waals surface area contributed by atoms with Gasteiger partial charge in [0.15, 0.2) is 0 Å². The van der Waals surface area contributed by atoms with Crippen LogP contribution in [0.5, 0.6) is 5.75 Å². The van der Waals surface area contributed by atoms with E-state index in [0.29, 0.717) is 0 Å². The highest BCUT2D eigenvalue weighted by atomic mass is 16.5. The summed E-state index contributed by atoms with van der Waals surface area (Å²) in [4.78, 5) is 4.04. The molecule has 0 fully saturated rings. The van der Waals surface area contributed by atoms with Crippen molar-refractivity contribution in [3.63, 3.8) is 0 Å². The number of anilines is 1. The molecule has 0 saturated heterocycles. The summed E-state index contributed by atoms with van der Waals surface area (Å²) in [6, 6.07) is 5.71. The first kappa shape index (κ1) is 7.86. The summed E-state index contributed by atoms with van der Waals surface area (Å²) in [5, 5.41) is 1.93. The van der Waals surface area contributed by atoms with E-state index in [9.17, 15) is 0 Å². The number of benzene rings is 1. The first-order chi connectivity index (χ1) is 6.33. The van der Waals surface area contributed by atoms with E-state index in [-0.39, 0.29) is 0 Å². The maximum atomic E-state index is 5.82. The molecule has 1 heterocycles. The van der Waals surface area contributed by atoms with Crippen LogP contribution in [0, 0.1) is 0 Å². The van der Waals surface area contributed by atoms with Crippen molar-refractivity contribution in [2.75, 3.05) is 12.8 Å². The van der Waals surface area contributed by atoms with Gasteiger partial charge in [0.25, 0.3) is 0 Å². The van der Waals surface area contributed by atoms with Crippen LogP contribution in [0.2, 0.25) is 0 Å². The number of aromatic nitrogens is 1. The third-order valence-corrected chi connectivity index (χ3v) is 2.00. The molecule has 0 unspecified atom stereocenters. The molecular weight excluding hydrogens is 164 g/mol. The Hall–Kier alpha value is -1.77. The zero-order chi connectivity index (χ0) is 9.26. The smallest absolute Gasteiger partial charge is 0.147 e. The molecule has 2 N–H and O–H groups in total. The summed E-state index contributed by atoms with van der Waals surface area (Å²) >= 11 is 0. The van der Waals surface area contributed by atoms with Crippen LogP contribution in [0.4, 0.5) is 5.69 Å². The van der Waals surface area contributed by atoms with Crippen LogP contribution in [0.25, 0.3) is 10.8 Å². The Morgan fingerprint density at radius 1 is 1.31 bits per heavy atom. The van der Waals surface area contributed by atoms with Gasteiger partial charge in [-0.2, -0.15) is 0 Å². The van der Waals surface area contributed by atoms with Crippen molar-refractivity contribution in [1.29, 1.82) is 0 Å². The summed E-state index contributed by atoms with van der Waals surface area (Å²) < 4.78 is 5.17. The maximum absolute atomic E-state index is 5.82. The van der Waals surface area contributed by atoms with E-state index in [0.717, 1.165) is 22.2 Å². The maximum Gasteiger partial charge on any atom is 0.147 e. The van der Waals surface area contributed by atoms with Gasteiger partial charge < -0.3 is 10.5 Å². The summed E-state index contributed by atoms with van der Waals surface area (Å²) in [7, 11) is 1.61. The Bertz CT molecular complexity index is 435. The monoisotopic (exact) mass is 174 g/mol. The van der Waals surface area contributed by atoms with Crippen LogP contribution >= 0.6 is 0 Å². The van der Waals surface area contributed by atoms with Gasteiger partial charge in [0, 0.05) is 22.7 Å². The van der Waals surface area contributed by atoms with Gasteiger partial charge in [-0.15, -0.1) is 0 Å². The molecule has 0 spiro atoms. The van der Waals surface area contributed by atoms with Crippen LogP contribution < -0.4 is 10.5 Å². The first-order valence-electron chi connectivity index (χ1n) is 3.99. The molecular formula is C10H10N2O. The van der Waals surface area contributed by atoms with Crippen molar-refractivity contribution in [3.8, 4) is 5.75 Å². The topological polar surface area (TPSA) is 48.1 Å². The fraction of sp³-hybridized carbons (Fsp3) is 0.100. The summed E-state index contributed by atoms with van der Waals surface area (Å²) in [5.74, 6) is 0.718. The molecule has 66 valence electrons. The predicted octanol–water partition coefficient (Wildman–Crippen LogP) is 1.83. The summed E-state index contributed by atoms with van der Waals surface area (Å²) in [6.45, 7) is 0. The lowest BCUT2D eigenvalue weighted by Gasteiger charge is -2.06. The van der Waals surface area contributed by atoms with E-state index < -0.39 is 0 Å². The largest absolute Gasteiger partial charge is 0.494 e. The lowest BCUT2D eigenvalue weighted by Crippen LogP contribution is -1.91. The molecule has 1 aromatic heterocycles. The fourth-order valence-corrected chi connectivity index (χ4v) is 1.39. The van der Waals surface area contributed by atoms with E-state index in [1.165, 1.54) is 0 Å². The Morgan fingerprint density at radius 2 is 2.15 bits per heavy atom. The van der Waals surface area contributed by atoms with E-state index in [2.05, 4.69) is 4.98 Å². The predicted molar refractivity (Wildman–Crippen MR) is 52.7 cm³/mol. The lowest BCUT2D eigenvalue weighted by atomic mass is 10.1. The number of hydrogen-bond donors (Lipinski definition) is 1. The molecule has 0 aliphatic rings. The highest BCUT2D eigenvalue weighted by molar-refractivity contribution is 5.96. The molecule has 0 radical (unpaired) electrons. The SMILES string of the molecule is COc1cncc2cccc(N)c12. The zero-order valence-corrected chi connectivity index (χ0v) is 7.32. The molecule has 2 rings (SSSR count). The van der Waals surface area contributed by atoms with Crippen molar-refractivity contribution in [2.45, 2.75) is 0 Å². The molecule has 0 aliphatic heterocycles. The van der Waals surface area contributed by atoms with Crippen LogP contribution in [-0.2, 0) is 0 Å². The van der Waals surface area contributed by atoms with Gasteiger partial charge in [-0.3, -0.25) is 4.98 Å². The number of fused-ring (bicyclic) bond motifs is 1. The van der Waals surface area contributed by atoms with Gasteiger partial charge in [-0.05, 0) is 6.07 Å². The minimum absolute atomic E-state index is 0.718. The van der Waals surface area contributed by atoms with Gasteiger partial charge in [0.1, 0.15) is 5.75 Å². The van der Waals surface area contributed by atoms with E-state index in [1.54, 1.807) is 19.5 Å². The van der Waals surface area contributed by atoms with E-state index in [4.69, 9.17) is 10.5 Å². The van der Waals surface area contributed by atoms with Crippen LogP contribution in [-0.4, -0.2) is 12.1 Å². The van der Waals surface area contributed by atoms with Crippen molar-refractivity contribution in [2.24, 2.45) is 0 Å².